The molecule has 1 heterocycles. The van der Waals surface area contributed by atoms with Gasteiger partial charge in [-0.15, -0.1) is 0 Å². The summed E-state index contributed by atoms with van der Waals surface area (Å²) in [6.45, 7) is 3.88. The molecule has 1 N–H and O–H groups in total. The van der Waals surface area contributed by atoms with Crippen LogP contribution >= 0.6 is 15.9 Å². The molecular formula is C8H11BrN2O2. The molecule has 0 spiro atoms. The van der Waals surface area contributed by atoms with Crippen molar-refractivity contribution in [1.82, 2.24) is 9.78 Å². The molecule has 0 atom stereocenters. The van der Waals surface area contributed by atoms with Crippen molar-refractivity contribution >= 4 is 21.9 Å². The van der Waals surface area contributed by atoms with Gasteiger partial charge in [0, 0.05) is 12.6 Å². The van der Waals surface area contributed by atoms with Crippen molar-refractivity contribution in [2.24, 2.45) is 7.05 Å². The number of hydrogen-bond acceptors (Lipinski definition) is 2. The van der Waals surface area contributed by atoms with E-state index in [9.17, 15) is 4.79 Å². The van der Waals surface area contributed by atoms with Gasteiger partial charge in [0.05, 0.1) is 0 Å². The largest absolute Gasteiger partial charge is 0.477 e. The fourth-order valence-electron chi connectivity index (χ4n) is 1.27. The minimum Gasteiger partial charge on any atom is -0.477 e. The first kappa shape index (κ1) is 10.2. The van der Waals surface area contributed by atoms with E-state index in [-0.39, 0.29) is 11.6 Å². The van der Waals surface area contributed by atoms with Crippen LogP contribution in [0.15, 0.2) is 4.60 Å². The van der Waals surface area contributed by atoms with Gasteiger partial charge >= 0.3 is 5.97 Å². The average molecular weight is 247 g/mol. The highest BCUT2D eigenvalue weighted by molar-refractivity contribution is 9.10. The van der Waals surface area contributed by atoms with E-state index in [1.54, 1.807) is 7.05 Å². The number of aromatic carboxylic acids is 1. The quantitative estimate of drug-likeness (QED) is 0.869. The third kappa shape index (κ3) is 1.75. The Kier molecular flexibility index (Phi) is 2.75. The number of carbonyl (C=O) groups is 1. The summed E-state index contributed by atoms with van der Waals surface area (Å²) in [5.74, 6) is -0.793. The molecule has 72 valence electrons. The normalized spacial score (nSPS) is 10.8. The molecule has 0 aliphatic rings. The molecule has 13 heavy (non-hydrogen) atoms. The number of carboxylic acids is 1. The van der Waals surface area contributed by atoms with Gasteiger partial charge in [0.25, 0.3) is 0 Å². The lowest BCUT2D eigenvalue weighted by Crippen LogP contribution is -2.08. The Balaban J connectivity index is 3.38. The lowest BCUT2D eigenvalue weighted by Gasteiger charge is -2.04. The van der Waals surface area contributed by atoms with Gasteiger partial charge in [-0.25, -0.2) is 4.79 Å². The third-order valence-corrected chi connectivity index (χ3v) is 2.40. The Labute approximate surface area is 84.7 Å². The molecule has 0 radical (unpaired) electrons. The molecule has 0 aromatic carbocycles. The van der Waals surface area contributed by atoms with E-state index in [2.05, 4.69) is 21.0 Å². The summed E-state index contributed by atoms with van der Waals surface area (Å²) in [7, 11) is 1.63. The number of carboxylic acid groups (broad SMARTS) is 1. The van der Waals surface area contributed by atoms with Crippen LogP contribution in [0, 0.1) is 0 Å². The SMILES string of the molecule is CC(C)c1c(Br)nn(C)c1C(=O)O. The van der Waals surface area contributed by atoms with Crippen LogP contribution in [0.1, 0.15) is 35.8 Å². The van der Waals surface area contributed by atoms with Crippen molar-refractivity contribution in [2.45, 2.75) is 19.8 Å². The predicted octanol–water partition coefficient (Wildman–Crippen LogP) is 2.00. The van der Waals surface area contributed by atoms with E-state index in [4.69, 9.17) is 5.11 Å². The van der Waals surface area contributed by atoms with Crippen molar-refractivity contribution in [3.63, 3.8) is 0 Å². The summed E-state index contributed by atoms with van der Waals surface area (Å²) in [4.78, 5) is 10.9. The van der Waals surface area contributed by atoms with Crippen LogP contribution in [0.25, 0.3) is 0 Å². The topological polar surface area (TPSA) is 55.1 Å². The van der Waals surface area contributed by atoms with Crippen LogP contribution in [-0.4, -0.2) is 20.9 Å². The van der Waals surface area contributed by atoms with E-state index < -0.39 is 5.97 Å². The Hall–Kier alpha value is -0.840. The van der Waals surface area contributed by atoms with Gasteiger partial charge < -0.3 is 5.11 Å². The Morgan fingerprint density at radius 3 is 2.46 bits per heavy atom. The third-order valence-electron chi connectivity index (χ3n) is 1.82. The highest BCUT2D eigenvalue weighted by atomic mass is 79.9. The molecule has 0 fully saturated rings. The molecule has 1 rings (SSSR count). The second-order valence-electron chi connectivity index (χ2n) is 3.14. The summed E-state index contributed by atoms with van der Waals surface area (Å²) in [5.41, 5.74) is 0.997. The second-order valence-corrected chi connectivity index (χ2v) is 3.89. The smallest absolute Gasteiger partial charge is 0.354 e. The lowest BCUT2D eigenvalue weighted by atomic mass is 10.0. The van der Waals surface area contributed by atoms with E-state index in [0.29, 0.717) is 4.60 Å². The van der Waals surface area contributed by atoms with E-state index in [1.807, 2.05) is 13.8 Å². The Morgan fingerprint density at radius 1 is 1.62 bits per heavy atom. The minimum atomic E-state index is -0.940. The number of aromatic nitrogens is 2. The van der Waals surface area contributed by atoms with Gasteiger partial charge in [0.15, 0.2) is 5.69 Å². The fourth-order valence-corrected chi connectivity index (χ4v) is 2.16. The summed E-state index contributed by atoms with van der Waals surface area (Å²) < 4.78 is 1.99. The molecule has 5 heteroatoms. The first-order valence-corrected chi connectivity index (χ1v) is 4.70. The van der Waals surface area contributed by atoms with Gasteiger partial charge in [0.1, 0.15) is 4.60 Å². The molecule has 0 aliphatic carbocycles. The maximum Gasteiger partial charge on any atom is 0.354 e. The standard InChI is InChI=1S/C8H11BrN2O2/c1-4(2)5-6(8(12)13)11(3)10-7(5)9/h4H,1-3H3,(H,12,13). The molecule has 0 aliphatic heterocycles. The summed E-state index contributed by atoms with van der Waals surface area (Å²) >= 11 is 3.24. The van der Waals surface area contributed by atoms with Crippen LogP contribution in [-0.2, 0) is 7.05 Å². The van der Waals surface area contributed by atoms with Gasteiger partial charge in [0.2, 0.25) is 0 Å². The van der Waals surface area contributed by atoms with Crippen molar-refractivity contribution in [1.29, 1.82) is 0 Å². The van der Waals surface area contributed by atoms with Crippen LogP contribution in [0.2, 0.25) is 0 Å². The van der Waals surface area contributed by atoms with Crippen LogP contribution in [0.5, 0.6) is 0 Å². The molecule has 1 aromatic heterocycles. The number of rotatable bonds is 2. The maximum atomic E-state index is 10.9. The Bertz CT molecular complexity index is 344. The van der Waals surface area contributed by atoms with Crippen molar-refractivity contribution in [3.05, 3.63) is 15.9 Å². The number of halogens is 1. The molecule has 4 nitrogen and oxygen atoms in total. The number of hydrogen-bond donors (Lipinski definition) is 1. The van der Waals surface area contributed by atoms with Gasteiger partial charge in [-0.05, 0) is 21.8 Å². The average Bonchev–Trinajstić information content (AvgIpc) is 2.24. The lowest BCUT2D eigenvalue weighted by molar-refractivity contribution is 0.0683. The van der Waals surface area contributed by atoms with Crippen molar-refractivity contribution in [2.75, 3.05) is 0 Å². The highest BCUT2D eigenvalue weighted by Gasteiger charge is 2.21. The van der Waals surface area contributed by atoms with Crippen LogP contribution < -0.4 is 0 Å². The Morgan fingerprint density at radius 2 is 2.15 bits per heavy atom. The van der Waals surface area contributed by atoms with E-state index in [0.717, 1.165) is 5.56 Å². The maximum absolute atomic E-state index is 10.9. The zero-order chi connectivity index (χ0) is 10.2. The van der Waals surface area contributed by atoms with E-state index >= 15 is 0 Å². The van der Waals surface area contributed by atoms with Crippen molar-refractivity contribution in [3.8, 4) is 0 Å². The van der Waals surface area contributed by atoms with Gasteiger partial charge in [-0.3, -0.25) is 4.68 Å². The summed E-state index contributed by atoms with van der Waals surface area (Å²) in [5, 5.41) is 12.9. The van der Waals surface area contributed by atoms with Gasteiger partial charge in [-0.2, -0.15) is 5.10 Å². The fraction of sp³-hybridized carbons (Fsp3) is 0.500. The van der Waals surface area contributed by atoms with Gasteiger partial charge in [-0.1, -0.05) is 13.8 Å². The second kappa shape index (κ2) is 3.49. The molecule has 0 saturated carbocycles. The summed E-state index contributed by atoms with van der Waals surface area (Å²) in [6.07, 6.45) is 0. The molecule has 0 unspecified atom stereocenters. The first-order valence-electron chi connectivity index (χ1n) is 3.90. The molecule has 0 saturated heterocycles. The summed E-state index contributed by atoms with van der Waals surface area (Å²) in [6, 6.07) is 0. The molecule has 0 amide bonds. The predicted molar refractivity (Wildman–Crippen MR) is 52.0 cm³/mol. The van der Waals surface area contributed by atoms with Crippen LogP contribution in [0.3, 0.4) is 0 Å². The zero-order valence-electron chi connectivity index (χ0n) is 7.71. The zero-order valence-corrected chi connectivity index (χ0v) is 9.29. The first-order chi connectivity index (χ1) is 5.95. The number of nitrogens with zero attached hydrogens (tertiary/aromatic N) is 2. The van der Waals surface area contributed by atoms with Crippen molar-refractivity contribution < 1.29 is 9.90 Å². The molecule has 0 bridgehead atoms. The number of aryl methyl sites for hydroxylation is 1. The minimum absolute atomic E-state index is 0.147. The molecular weight excluding hydrogens is 236 g/mol. The highest BCUT2D eigenvalue weighted by Crippen LogP contribution is 2.27. The van der Waals surface area contributed by atoms with E-state index in [1.165, 1.54) is 4.68 Å². The molecule has 1 aromatic rings. The van der Waals surface area contributed by atoms with Crippen LogP contribution in [0.4, 0.5) is 0 Å². The monoisotopic (exact) mass is 246 g/mol.